The molecular formula is C22H29NO5. The molecule has 0 saturated carbocycles. The standard InChI is InChI=1S/C22H29NO5/c1-5-17(28-20-11-9-8-10-18(20)25-4)22(24)23-15-16-12-13-19(26-6-2)21(14-16)27-7-3/h8-14,17H,5-7,15H2,1-4H3,(H,23,24)/t17-/m0/s1. The fourth-order valence-electron chi connectivity index (χ4n) is 2.70. The highest BCUT2D eigenvalue weighted by Crippen LogP contribution is 2.29. The minimum Gasteiger partial charge on any atom is -0.493 e. The van der Waals surface area contributed by atoms with Gasteiger partial charge in [0.1, 0.15) is 0 Å². The zero-order valence-electron chi connectivity index (χ0n) is 17.0. The molecule has 0 unspecified atom stereocenters. The van der Waals surface area contributed by atoms with Crippen molar-refractivity contribution in [2.24, 2.45) is 0 Å². The lowest BCUT2D eigenvalue weighted by Crippen LogP contribution is -2.37. The Bertz CT molecular complexity index is 762. The molecule has 2 rings (SSSR count). The summed E-state index contributed by atoms with van der Waals surface area (Å²) in [7, 11) is 1.57. The molecule has 6 nitrogen and oxygen atoms in total. The maximum Gasteiger partial charge on any atom is 0.261 e. The van der Waals surface area contributed by atoms with Crippen molar-refractivity contribution in [2.75, 3.05) is 20.3 Å². The fourth-order valence-corrected chi connectivity index (χ4v) is 2.70. The Hall–Kier alpha value is -2.89. The van der Waals surface area contributed by atoms with E-state index in [-0.39, 0.29) is 5.91 Å². The summed E-state index contributed by atoms with van der Waals surface area (Å²) in [5, 5.41) is 2.93. The summed E-state index contributed by atoms with van der Waals surface area (Å²) >= 11 is 0. The number of methoxy groups -OCH3 is 1. The summed E-state index contributed by atoms with van der Waals surface area (Å²) in [6, 6.07) is 12.9. The average Bonchev–Trinajstić information content (AvgIpc) is 2.72. The fraction of sp³-hybridized carbons (Fsp3) is 0.409. The van der Waals surface area contributed by atoms with E-state index < -0.39 is 6.10 Å². The molecule has 0 aliphatic heterocycles. The topological polar surface area (TPSA) is 66.0 Å². The molecule has 1 amide bonds. The Morgan fingerprint density at radius 3 is 2.25 bits per heavy atom. The molecule has 0 bridgehead atoms. The van der Waals surface area contributed by atoms with Crippen LogP contribution in [-0.4, -0.2) is 32.3 Å². The van der Waals surface area contributed by atoms with Crippen molar-refractivity contribution in [3.05, 3.63) is 48.0 Å². The molecule has 0 aliphatic rings. The number of nitrogens with one attached hydrogen (secondary N) is 1. The Morgan fingerprint density at radius 1 is 0.929 bits per heavy atom. The summed E-state index contributed by atoms with van der Waals surface area (Å²) in [6.07, 6.45) is -0.0671. The third kappa shape index (κ3) is 5.81. The van der Waals surface area contributed by atoms with E-state index in [9.17, 15) is 4.79 Å². The number of carbonyl (C=O) groups is 1. The van der Waals surface area contributed by atoms with E-state index in [1.807, 2.05) is 51.1 Å². The molecule has 6 heteroatoms. The summed E-state index contributed by atoms with van der Waals surface area (Å²) in [5.41, 5.74) is 0.924. The van der Waals surface area contributed by atoms with Gasteiger partial charge in [0.05, 0.1) is 20.3 Å². The smallest absolute Gasteiger partial charge is 0.261 e. The highest BCUT2D eigenvalue weighted by atomic mass is 16.5. The van der Waals surface area contributed by atoms with Crippen molar-refractivity contribution in [3.63, 3.8) is 0 Å². The van der Waals surface area contributed by atoms with Crippen molar-refractivity contribution < 1.29 is 23.7 Å². The molecule has 1 N–H and O–H groups in total. The molecule has 1 atom stereocenters. The summed E-state index contributed by atoms with van der Waals surface area (Å²) < 4.78 is 22.4. The predicted octanol–water partition coefficient (Wildman–Crippen LogP) is 3.97. The molecule has 0 spiro atoms. The lowest BCUT2D eigenvalue weighted by Gasteiger charge is -2.19. The summed E-state index contributed by atoms with van der Waals surface area (Å²) in [6.45, 7) is 7.23. The van der Waals surface area contributed by atoms with Gasteiger partial charge in [0.2, 0.25) is 0 Å². The van der Waals surface area contributed by atoms with Gasteiger partial charge in [-0.15, -0.1) is 0 Å². The van der Waals surface area contributed by atoms with Crippen LogP contribution >= 0.6 is 0 Å². The van der Waals surface area contributed by atoms with Crippen LogP contribution in [0.5, 0.6) is 23.0 Å². The minimum atomic E-state index is -0.606. The van der Waals surface area contributed by atoms with Gasteiger partial charge in [-0.3, -0.25) is 4.79 Å². The Balaban J connectivity index is 2.02. The number of para-hydroxylation sites is 2. The maximum atomic E-state index is 12.6. The molecule has 0 aromatic heterocycles. The largest absolute Gasteiger partial charge is 0.493 e. The average molecular weight is 387 g/mol. The number of hydrogen-bond acceptors (Lipinski definition) is 5. The lowest BCUT2D eigenvalue weighted by molar-refractivity contribution is -0.128. The van der Waals surface area contributed by atoms with E-state index in [2.05, 4.69) is 5.32 Å². The Morgan fingerprint density at radius 2 is 1.61 bits per heavy atom. The molecule has 0 heterocycles. The van der Waals surface area contributed by atoms with Gasteiger partial charge in [-0.05, 0) is 50.1 Å². The van der Waals surface area contributed by atoms with Gasteiger partial charge in [0.25, 0.3) is 5.91 Å². The molecule has 0 fully saturated rings. The van der Waals surface area contributed by atoms with Crippen molar-refractivity contribution in [1.29, 1.82) is 0 Å². The number of ether oxygens (including phenoxy) is 4. The normalized spacial score (nSPS) is 11.4. The molecule has 0 radical (unpaired) electrons. The van der Waals surface area contributed by atoms with Crippen LogP contribution in [0.1, 0.15) is 32.8 Å². The molecule has 2 aromatic carbocycles. The van der Waals surface area contributed by atoms with E-state index in [1.165, 1.54) is 0 Å². The second-order valence-electron chi connectivity index (χ2n) is 6.03. The lowest BCUT2D eigenvalue weighted by atomic mass is 10.2. The van der Waals surface area contributed by atoms with Crippen LogP contribution in [0.15, 0.2) is 42.5 Å². The summed E-state index contributed by atoms with van der Waals surface area (Å²) in [4.78, 5) is 12.6. The first kappa shape index (κ1) is 21.4. The second kappa shape index (κ2) is 11.1. The van der Waals surface area contributed by atoms with Crippen molar-refractivity contribution in [1.82, 2.24) is 5.32 Å². The summed E-state index contributed by atoms with van der Waals surface area (Å²) in [5.74, 6) is 2.34. The minimum absolute atomic E-state index is 0.180. The van der Waals surface area contributed by atoms with Gasteiger partial charge in [-0.1, -0.05) is 25.1 Å². The van der Waals surface area contributed by atoms with Crippen molar-refractivity contribution >= 4 is 5.91 Å². The number of hydrogen-bond donors (Lipinski definition) is 1. The molecule has 28 heavy (non-hydrogen) atoms. The number of carbonyl (C=O) groups excluding carboxylic acids is 1. The van der Waals surface area contributed by atoms with Gasteiger partial charge in [-0.25, -0.2) is 0 Å². The van der Waals surface area contributed by atoms with Crippen molar-refractivity contribution in [2.45, 2.75) is 39.8 Å². The van der Waals surface area contributed by atoms with Crippen molar-refractivity contribution in [3.8, 4) is 23.0 Å². The molecule has 152 valence electrons. The molecular weight excluding hydrogens is 358 g/mol. The van der Waals surface area contributed by atoms with E-state index in [0.29, 0.717) is 49.2 Å². The van der Waals surface area contributed by atoms with Crippen LogP contribution in [0.2, 0.25) is 0 Å². The quantitative estimate of drug-likeness (QED) is 0.632. The van der Waals surface area contributed by atoms with Crippen LogP contribution in [0.4, 0.5) is 0 Å². The first-order valence-corrected chi connectivity index (χ1v) is 9.58. The van der Waals surface area contributed by atoms with E-state index in [1.54, 1.807) is 19.2 Å². The van der Waals surface area contributed by atoms with Crippen LogP contribution in [0.3, 0.4) is 0 Å². The number of benzene rings is 2. The maximum absolute atomic E-state index is 12.6. The third-order valence-electron chi connectivity index (χ3n) is 4.08. The molecule has 2 aromatic rings. The van der Waals surface area contributed by atoms with Gasteiger partial charge >= 0.3 is 0 Å². The SMILES string of the molecule is CCOc1ccc(CNC(=O)[C@H](CC)Oc2ccccc2OC)cc1OCC. The molecule has 0 saturated heterocycles. The first-order valence-electron chi connectivity index (χ1n) is 9.58. The first-order chi connectivity index (χ1) is 13.6. The van der Waals surface area contributed by atoms with Gasteiger partial charge < -0.3 is 24.3 Å². The Labute approximate surface area is 166 Å². The number of amides is 1. The van der Waals surface area contributed by atoms with Gasteiger partial charge in [0, 0.05) is 6.54 Å². The van der Waals surface area contributed by atoms with Gasteiger partial charge in [-0.2, -0.15) is 0 Å². The van der Waals surface area contributed by atoms with Crippen LogP contribution in [0, 0.1) is 0 Å². The zero-order chi connectivity index (χ0) is 20.4. The highest BCUT2D eigenvalue weighted by molar-refractivity contribution is 5.81. The zero-order valence-corrected chi connectivity index (χ0v) is 17.0. The third-order valence-corrected chi connectivity index (χ3v) is 4.08. The van der Waals surface area contributed by atoms with Crippen LogP contribution in [0.25, 0.3) is 0 Å². The van der Waals surface area contributed by atoms with Crippen LogP contribution < -0.4 is 24.3 Å². The second-order valence-corrected chi connectivity index (χ2v) is 6.03. The van der Waals surface area contributed by atoms with E-state index in [0.717, 1.165) is 5.56 Å². The highest BCUT2D eigenvalue weighted by Gasteiger charge is 2.20. The monoisotopic (exact) mass is 387 g/mol. The predicted molar refractivity (Wildman–Crippen MR) is 108 cm³/mol. The van der Waals surface area contributed by atoms with E-state index in [4.69, 9.17) is 18.9 Å². The molecule has 0 aliphatic carbocycles. The van der Waals surface area contributed by atoms with Crippen LogP contribution in [-0.2, 0) is 11.3 Å². The Kier molecular flexibility index (Phi) is 8.46. The van der Waals surface area contributed by atoms with E-state index >= 15 is 0 Å². The van der Waals surface area contributed by atoms with Gasteiger partial charge in [0.15, 0.2) is 29.1 Å². The number of rotatable bonds is 11.